The molecule has 0 aromatic carbocycles. The van der Waals surface area contributed by atoms with Crippen molar-refractivity contribution in [3.05, 3.63) is 6.33 Å². The summed E-state index contributed by atoms with van der Waals surface area (Å²) in [6.07, 6.45) is 7.61. The lowest BCUT2D eigenvalue weighted by Gasteiger charge is -2.21. The van der Waals surface area contributed by atoms with E-state index in [1.54, 1.807) is 0 Å². The summed E-state index contributed by atoms with van der Waals surface area (Å²) in [4.78, 5) is 13.0. The standard InChI is InChI=1S/C20H32N6O4/c21-17-14-18(26(11-23-14)19-16(29)15(28)13(10-27)30-19)25-20(24-17)22-9-5-4-8-12-6-2-1-3-7-12/h11-13,15-16,19,27-29H,1-10H2,(H3,21,22,24,25)/t13-,15?,16?,19-/m1/s1. The highest BCUT2D eigenvalue weighted by Gasteiger charge is 2.44. The molecule has 6 N–H and O–H groups in total. The normalized spacial score (nSPS) is 27.7. The van der Waals surface area contributed by atoms with Crippen LogP contribution in [0.5, 0.6) is 0 Å². The minimum atomic E-state index is -1.22. The van der Waals surface area contributed by atoms with Crippen LogP contribution >= 0.6 is 0 Å². The van der Waals surface area contributed by atoms with E-state index in [2.05, 4.69) is 20.3 Å². The lowest BCUT2D eigenvalue weighted by atomic mass is 9.86. The summed E-state index contributed by atoms with van der Waals surface area (Å²) in [7, 11) is 0. The number of hydrogen-bond acceptors (Lipinski definition) is 9. The van der Waals surface area contributed by atoms with Crippen molar-refractivity contribution in [1.29, 1.82) is 0 Å². The highest BCUT2D eigenvalue weighted by Crippen LogP contribution is 2.32. The summed E-state index contributed by atoms with van der Waals surface area (Å²) < 4.78 is 7.11. The molecule has 2 unspecified atom stereocenters. The van der Waals surface area contributed by atoms with Crippen LogP contribution in [0.15, 0.2) is 6.33 Å². The molecule has 3 heterocycles. The maximum atomic E-state index is 10.3. The van der Waals surface area contributed by atoms with E-state index in [1.807, 2.05) is 0 Å². The molecular formula is C20H32N6O4. The molecule has 30 heavy (non-hydrogen) atoms. The Morgan fingerprint density at radius 1 is 1.13 bits per heavy atom. The van der Waals surface area contributed by atoms with Crippen molar-refractivity contribution in [3.8, 4) is 0 Å². The van der Waals surface area contributed by atoms with E-state index in [0.29, 0.717) is 17.1 Å². The first-order chi connectivity index (χ1) is 14.6. The minimum absolute atomic E-state index is 0.232. The third-order valence-corrected chi connectivity index (χ3v) is 6.29. The van der Waals surface area contributed by atoms with Gasteiger partial charge < -0.3 is 31.1 Å². The third kappa shape index (κ3) is 4.36. The van der Waals surface area contributed by atoms with Crippen molar-refractivity contribution in [1.82, 2.24) is 19.5 Å². The number of aliphatic hydroxyl groups is 3. The molecule has 0 spiro atoms. The van der Waals surface area contributed by atoms with E-state index < -0.39 is 31.1 Å². The lowest BCUT2D eigenvalue weighted by molar-refractivity contribution is -0.0511. The molecule has 1 aliphatic heterocycles. The van der Waals surface area contributed by atoms with Gasteiger partial charge in [-0.1, -0.05) is 44.9 Å². The first-order valence-corrected chi connectivity index (χ1v) is 10.9. The molecule has 2 aliphatic rings. The van der Waals surface area contributed by atoms with Gasteiger partial charge in [0, 0.05) is 6.54 Å². The summed E-state index contributed by atoms with van der Waals surface area (Å²) in [6.45, 7) is 0.353. The number of ether oxygens (including phenoxy) is 1. The van der Waals surface area contributed by atoms with Crippen molar-refractivity contribution >= 4 is 22.9 Å². The van der Waals surface area contributed by atoms with Gasteiger partial charge in [0.05, 0.1) is 12.9 Å². The van der Waals surface area contributed by atoms with Gasteiger partial charge in [0.15, 0.2) is 17.7 Å². The van der Waals surface area contributed by atoms with E-state index in [0.717, 1.165) is 18.9 Å². The molecule has 1 saturated heterocycles. The average Bonchev–Trinajstić information content (AvgIpc) is 3.30. The van der Waals surface area contributed by atoms with E-state index >= 15 is 0 Å². The zero-order valence-corrected chi connectivity index (χ0v) is 17.2. The second kappa shape index (κ2) is 9.42. The summed E-state index contributed by atoms with van der Waals surface area (Å²) >= 11 is 0. The van der Waals surface area contributed by atoms with Crippen LogP contribution in [0.4, 0.5) is 11.8 Å². The number of rotatable bonds is 8. The molecule has 10 nitrogen and oxygen atoms in total. The van der Waals surface area contributed by atoms with Gasteiger partial charge in [-0.15, -0.1) is 0 Å². The van der Waals surface area contributed by atoms with Crippen LogP contribution in [-0.2, 0) is 4.74 Å². The van der Waals surface area contributed by atoms with Crippen LogP contribution in [0.25, 0.3) is 11.2 Å². The molecule has 1 aliphatic carbocycles. The Labute approximate surface area is 175 Å². The number of nitrogens with two attached hydrogens (primary N) is 1. The molecule has 2 fully saturated rings. The topological polar surface area (TPSA) is 152 Å². The van der Waals surface area contributed by atoms with Crippen molar-refractivity contribution in [3.63, 3.8) is 0 Å². The Bertz CT molecular complexity index is 840. The molecule has 166 valence electrons. The van der Waals surface area contributed by atoms with Crippen molar-refractivity contribution in [2.24, 2.45) is 5.92 Å². The fourth-order valence-electron chi connectivity index (χ4n) is 4.55. The number of nitrogens with zero attached hydrogens (tertiary/aromatic N) is 4. The summed E-state index contributed by atoms with van der Waals surface area (Å²) in [5.74, 6) is 1.51. The van der Waals surface area contributed by atoms with Gasteiger partial charge in [-0.3, -0.25) is 4.57 Å². The SMILES string of the molecule is Nc1nc(NCCCCC2CCCCC2)nc2c1ncn2[C@@H]1O[C@H](CO)C(O)C1O. The molecule has 2 aromatic rings. The van der Waals surface area contributed by atoms with Crippen LogP contribution < -0.4 is 11.1 Å². The highest BCUT2D eigenvalue weighted by atomic mass is 16.6. The number of fused-ring (bicyclic) bond motifs is 1. The smallest absolute Gasteiger partial charge is 0.226 e. The Hall–Kier alpha value is -2.01. The van der Waals surface area contributed by atoms with Crippen LogP contribution in [0.1, 0.15) is 57.6 Å². The van der Waals surface area contributed by atoms with Gasteiger partial charge >= 0.3 is 0 Å². The minimum Gasteiger partial charge on any atom is -0.394 e. The predicted molar refractivity (Wildman–Crippen MR) is 112 cm³/mol. The van der Waals surface area contributed by atoms with Crippen LogP contribution in [-0.4, -0.2) is 66.3 Å². The zero-order valence-electron chi connectivity index (χ0n) is 17.2. The van der Waals surface area contributed by atoms with Crippen LogP contribution in [0.3, 0.4) is 0 Å². The number of aliphatic hydroxyl groups excluding tert-OH is 3. The second-order valence-corrected chi connectivity index (χ2v) is 8.41. The first kappa shape index (κ1) is 21.2. The summed E-state index contributed by atoms with van der Waals surface area (Å²) in [6, 6.07) is 0. The van der Waals surface area contributed by atoms with E-state index in [1.165, 1.54) is 55.8 Å². The molecule has 1 saturated carbocycles. The Balaban J connectivity index is 1.39. The Morgan fingerprint density at radius 2 is 1.93 bits per heavy atom. The Morgan fingerprint density at radius 3 is 2.67 bits per heavy atom. The van der Waals surface area contributed by atoms with E-state index in [-0.39, 0.29) is 5.82 Å². The van der Waals surface area contributed by atoms with Crippen molar-refractivity contribution in [2.45, 2.75) is 75.9 Å². The number of anilines is 2. The largest absolute Gasteiger partial charge is 0.394 e. The summed E-state index contributed by atoms with van der Waals surface area (Å²) in [5.41, 5.74) is 6.86. The quantitative estimate of drug-likeness (QED) is 0.396. The molecule has 2 aromatic heterocycles. The van der Waals surface area contributed by atoms with E-state index in [4.69, 9.17) is 10.5 Å². The number of hydrogen-bond donors (Lipinski definition) is 5. The van der Waals surface area contributed by atoms with Gasteiger partial charge in [-0.05, 0) is 12.3 Å². The number of aromatic nitrogens is 4. The number of imidazole rings is 1. The van der Waals surface area contributed by atoms with Crippen molar-refractivity contribution in [2.75, 3.05) is 24.2 Å². The lowest BCUT2D eigenvalue weighted by Crippen LogP contribution is -2.33. The van der Waals surface area contributed by atoms with Gasteiger partial charge in [-0.25, -0.2) is 4.98 Å². The van der Waals surface area contributed by atoms with E-state index in [9.17, 15) is 15.3 Å². The maximum absolute atomic E-state index is 10.3. The average molecular weight is 421 g/mol. The maximum Gasteiger partial charge on any atom is 0.226 e. The van der Waals surface area contributed by atoms with Crippen molar-refractivity contribution < 1.29 is 20.1 Å². The molecule has 4 rings (SSSR count). The third-order valence-electron chi connectivity index (χ3n) is 6.29. The fraction of sp³-hybridized carbons (Fsp3) is 0.750. The van der Waals surface area contributed by atoms with Gasteiger partial charge in [0.25, 0.3) is 0 Å². The molecule has 0 radical (unpaired) electrons. The first-order valence-electron chi connectivity index (χ1n) is 10.9. The zero-order chi connectivity index (χ0) is 21.1. The number of unbranched alkanes of at least 4 members (excludes halogenated alkanes) is 1. The van der Waals surface area contributed by atoms with Gasteiger partial charge in [0.1, 0.15) is 23.8 Å². The molecule has 0 amide bonds. The number of nitrogens with one attached hydrogen (secondary N) is 1. The molecule has 4 atom stereocenters. The molecular weight excluding hydrogens is 388 g/mol. The van der Waals surface area contributed by atoms with Gasteiger partial charge in [-0.2, -0.15) is 9.97 Å². The second-order valence-electron chi connectivity index (χ2n) is 8.41. The molecule has 10 heteroatoms. The molecule has 0 bridgehead atoms. The number of nitrogen functional groups attached to an aromatic ring is 1. The summed E-state index contributed by atoms with van der Waals surface area (Å²) in [5, 5.41) is 32.9. The van der Waals surface area contributed by atoms with Crippen LogP contribution in [0, 0.1) is 5.92 Å². The Kier molecular flexibility index (Phi) is 6.67. The predicted octanol–water partition coefficient (Wildman–Crippen LogP) is 1.18. The fourth-order valence-corrected chi connectivity index (χ4v) is 4.55. The monoisotopic (exact) mass is 420 g/mol. The van der Waals surface area contributed by atoms with Crippen LogP contribution in [0.2, 0.25) is 0 Å². The highest BCUT2D eigenvalue weighted by molar-refractivity contribution is 5.83. The van der Waals surface area contributed by atoms with Gasteiger partial charge in [0.2, 0.25) is 5.95 Å².